The average Bonchev–Trinajstić information content (AvgIpc) is 2.11. The van der Waals surface area contributed by atoms with Crippen LogP contribution in [0.15, 0.2) is 22.6 Å². The zero-order chi connectivity index (χ0) is 7.78. The van der Waals surface area contributed by atoms with E-state index in [1.807, 2.05) is 4.41 Å². The van der Waals surface area contributed by atoms with Crippen molar-refractivity contribution in [3.8, 4) is 0 Å². The topological polar surface area (TPSA) is 0 Å². The molecule has 10 heavy (non-hydrogen) atoms. The van der Waals surface area contributed by atoms with Gasteiger partial charge in [0, 0.05) is 0 Å². The van der Waals surface area contributed by atoms with Gasteiger partial charge in [-0.05, 0) is 0 Å². The van der Waals surface area contributed by atoms with Crippen LogP contribution in [0.2, 0.25) is 22.0 Å². The van der Waals surface area contributed by atoms with E-state index in [2.05, 4.69) is 35.5 Å². The number of hydrogen-bond donors (Lipinski definition) is 0. The summed E-state index contributed by atoms with van der Waals surface area (Å²) in [6.07, 6.45) is 7.00. The first-order chi connectivity index (χ1) is 4.52. The molecule has 1 aliphatic rings. The molecule has 1 atom stereocenters. The van der Waals surface area contributed by atoms with Gasteiger partial charge in [-0.2, -0.15) is 0 Å². The summed E-state index contributed by atoms with van der Waals surface area (Å²) < 4.78 is 2.74. The third-order valence-corrected chi connectivity index (χ3v) is 11.6. The van der Waals surface area contributed by atoms with Crippen molar-refractivity contribution in [2.45, 2.75) is 22.0 Å². The van der Waals surface area contributed by atoms with Gasteiger partial charge in [-0.3, -0.25) is 0 Å². The molecule has 56 valence electrons. The van der Waals surface area contributed by atoms with Crippen LogP contribution in [0.1, 0.15) is 0 Å². The molecule has 1 aliphatic carbocycles. The Hall–Kier alpha value is 0.566. The van der Waals surface area contributed by atoms with Crippen LogP contribution in [-0.4, -0.2) is 29.8 Å². The summed E-state index contributed by atoms with van der Waals surface area (Å²) in [4.78, 5) is 0. The fraction of sp³-hybridized carbons (Fsp3) is 0.500. The van der Waals surface area contributed by atoms with Crippen molar-refractivity contribution in [2.24, 2.45) is 0 Å². The van der Waals surface area contributed by atoms with Gasteiger partial charge in [-0.1, -0.05) is 0 Å². The maximum atomic E-state index is 2.48. The van der Waals surface area contributed by atoms with Gasteiger partial charge in [-0.15, -0.1) is 0 Å². The monoisotopic (exact) mass is 260 g/mol. The second-order valence-electron chi connectivity index (χ2n) is 4.05. The van der Waals surface area contributed by atoms with Crippen molar-refractivity contribution in [3.05, 3.63) is 22.6 Å². The fourth-order valence-corrected chi connectivity index (χ4v) is 16.1. The summed E-state index contributed by atoms with van der Waals surface area (Å²) in [6.45, 7) is 0. The molecule has 0 spiro atoms. The second-order valence-corrected chi connectivity index (χ2v) is 17.3. The molecular formula is C8H16Ge2. The first-order valence-corrected chi connectivity index (χ1v) is 13.7. The minimum absolute atomic E-state index is 0.924. The van der Waals surface area contributed by atoms with Crippen molar-refractivity contribution >= 4 is 29.8 Å². The van der Waals surface area contributed by atoms with Crippen LogP contribution in [0.3, 0.4) is 0 Å². The standard InChI is InChI=1S/C8H16Ge2/c1-10(2,3)8-6-4-5-7(8)9/h4-7H,1-3,9H3. The average molecular weight is 257 g/mol. The zero-order valence-electron chi connectivity index (χ0n) is 7.31. The normalized spacial score (nSPS) is 25.5. The summed E-state index contributed by atoms with van der Waals surface area (Å²) in [6, 6.07) is 0. The van der Waals surface area contributed by atoms with Gasteiger partial charge in [-0.25, -0.2) is 0 Å². The Labute approximate surface area is 74.4 Å². The molecule has 0 saturated heterocycles. The van der Waals surface area contributed by atoms with E-state index in [1.165, 1.54) is 0 Å². The minimum atomic E-state index is -1.41. The summed E-state index contributed by atoms with van der Waals surface area (Å²) in [5.74, 6) is 7.45. The van der Waals surface area contributed by atoms with Gasteiger partial charge < -0.3 is 0 Å². The molecule has 0 aliphatic heterocycles. The summed E-state index contributed by atoms with van der Waals surface area (Å²) in [5.41, 5.74) is 0. The Morgan fingerprint density at radius 1 is 1.40 bits per heavy atom. The molecule has 0 N–H and O–H groups in total. The molecule has 0 radical (unpaired) electrons. The van der Waals surface area contributed by atoms with Gasteiger partial charge >= 0.3 is 74.4 Å². The zero-order valence-corrected chi connectivity index (χ0v) is 13.6. The molecule has 0 bridgehead atoms. The summed E-state index contributed by atoms with van der Waals surface area (Å²) in [7, 11) is 0. The van der Waals surface area contributed by atoms with Crippen LogP contribution in [0.5, 0.6) is 0 Å². The molecule has 1 unspecified atom stereocenters. The Morgan fingerprint density at radius 3 is 2.20 bits per heavy atom. The third-order valence-electron chi connectivity index (χ3n) is 2.03. The maximum absolute atomic E-state index is 2.48. The fourth-order valence-electron chi connectivity index (χ4n) is 1.51. The molecule has 0 fully saturated rings. The van der Waals surface area contributed by atoms with Crippen LogP contribution in [-0.2, 0) is 0 Å². The molecule has 0 aromatic heterocycles. The molecular weight excluding hydrogens is 241 g/mol. The first-order valence-electron chi connectivity index (χ1n) is 3.90. The van der Waals surface area contributed by atoms with Crippen molar-refractivity contribution in [1.82, 2.24) is 0 Å². The Bertz CT molecular complexity index is 184. The van der Waals surface area contributed by atoms with Crippen molar-refractivity contribution < 1.29 is 0 Å². The van der Waals surface area contributed by atoms with E-state index in [0.29, 0.717) is 0 Å². The molecule has 1 rings (SSSR count). The Balaban J connectivity index is 2.78. The van der Waals surface area contributed by atoms with Gasteiger partial charge in [0.1, 0.15) is 0 Å². The van der Waals surface area contributed by atoms with Crippen LogP contribution in [0.4, 0.5) is 0 Å². The summed E-state index contributed by atoms with van der Waals surface area (Å²) >= 11 is -0.448. The molecule has 0 amide bonds. The van der Waals surface area contributed by atoms with E-state index >= 15 is 0 Å². The third kappa shape index (κ3) is 1.79. The molecule has 0 saturated carbocycles. The molecule has 0 aromatic rings. The quantitative estimate of drug-likeness (QED) is 0.625. The van der Waals surface area contributed by atoms with E-state index in [-0.39, 0.29) is 0 Å². The first kappa shape index (κ1) is 8.66. The van der Waals surface area contributed by atoms with Crippen LogP contribution in [0, 0.1) is 0 Å². The van der Waals surface area contributed by atoms with Crippen molar-refractivity contribution in [3.63, 3.8) is 0 Å². The SMILES string of the molecule is [CH3][Ge]([CH3])([CH3])[C]1=CC=C[CH]1[GeH3]. The van der Waals surface area contributed by atoms with E-state index < -0.39 is 13.3 Å². The van der Waals surface area contributed by atoms with E-state index in [9.17, 15) is 0 Å². The van der Waals surface area contributed by atoms with Crippen LogP contribution < -0.4 is 0 Å². The molecule has 0 heterocycles. The Kier molecular flexibility index (Phi) is 2.51. The second kappa shape index (κ2) is 2.90. The van der Waals surface area contributed by atoms with E-state index in [4.69, 9.17) is 0 Å². The van der Waals surface area contributed by atoms with E-state index in [0.717, 1.165) is 21.3 Å². The predicted octanol–water partition coefficient (Wildman–Crippen LogP) is 1.51. The van der Waals surface area contributed by atoms with Crippen LogP contribution >= 0.6 is 0 Å². The molecule has 0 aromatic carbocycles. The van der Waals surface area contributed by atoms with Gasteiger partial charge in [0.2, 0.25) is 0 Å². The van der Waals surface area contributed by atoms with Gasteiger partial charge in [0.25, 0.3) is 0 Å². The Morgan fingerprint density at radius 2 is 2.00 bits per heavy atom. The van der Waals surface area contributed by atoms with E-state index in [1.54, 1.807) is 0 Å². The summed E-state index contributed by atoms with van der Waals surface area (Å²) in [5, 5.41) is 0. The molecule has 0 nitrogen and oxygen atoms in total. The molecule has 2 heteroatoms. The number of allylic oxidation sites excluding steroid dienone is 4. The number of rotatable bonds is 1. The van der Waals surface area contributed by atoms with Crippen molar-refractivity contribution in [2.75, 3.05) is 0 Å². The van der Waals surface area contributed by atoms with Crippen LogP contribution in [0.25, 0.3) is 0 Å². The predicted molar refractivity (Wildman–Crippen MR) is 54.3 cm³/mol. The van der Waals surface area contributed by atoms with Crippen molar-refractivity contribution in [1.29, 1.82) is 0 Å². The number of hydrogen-bond acceptors (Lipinski definition) is 0. The van der Waals surface area contributed by atoms with Gasteiger partial charge in [0.15, 0.2) is 0 Å². The van der Waals surface area contributed by atoms with Gasteiger partial charge in [0.05, 0.1) is 0 Å².